The van der Waals surface area contributed by atoms with Crippen molar-refractivity contribution >= 4 is 28.0 Å². The lowest BCUT2D eigenvalue weighted by Crippen LogP contribution is -2.43. The molecular formula is C34H37FN6O2S. The number of nitrogens with zero attached hydrogens (tertiary/aromatic N) is 5. The maximum Gasteiger partial charge on any atom is 0.230 e. The summed E-state index contributed by atoms with van der Waals surface area (Å²) in [7, 11) is 0. The minimum absolute atomic E-state index is 0.0491. The third-order valence-electron chi connectivity index (χ3n) is 8.03. The van der Waals surface area contributed by atoms with Gasteiger partial charge in [0.2, 0.25) is 5.91 Å². The van der Waals surface area contributed by atoms with Gasteiger partial charge < -0.3 is 10.1 Å². The van der Waals surface area contributed by atoms with Crippen molar-refractivity contribution in [2.24, 2.45) is 0 Å². The minimum Gasteiger partial charge on any atom is -0.379 e. The third-order valence-corrected chi connectivity index (χ3v) is 9.37. The summed E-state index contributed by atoms with van der Waals surface area (Å²) in [6.07, 6.45) is 8.14. The number of carbonyl (C=O) groups is 1. The Morgan fingerprint density at radius 2 is 1.82 bits per heavy atom. The van der Waals surface area contributed by atoms with Crippen molar-refractivity contribution in [3.63, 3.8) is 0 Å². The van der Waals surface area contributed by atoms with Crippen molar-refractivity contribution in [3.05, 3.63) is 89.2 Å². The Hall–Kier alpha value is -3.99. The van der Waals surface area contributed by atoms with E-state index in [0.717, 1.165) is 65.8 Å². The number of benzene rings is 1. The highest BCUT2D eigenvalue weighted by atomic mass is 32.1. The molecule has 4 aromatic heterocycles. The molecule has 6 rings (SSSR count). The molecule has 8 nitrogen and oxygen atoms in total. The van der Waals surface area contributed by atoms with E-state index in [1.54, 1.807) is 18.5 Å². The van der Waals surface area contributed by atoms with Crippen LogP contribution in [0.5, 0.6) is 0 Å². The van der Waals surface area contributed by atoms with E-state index in [-0.39, 0.29) is 17.7 Å². The molecule has 0 bridgehead atoms. The number of morpholine rings is 1. The fourth-order valence-corrected chi connectivity index (χ4v) is 6.35. The van der Waals surface area contributed by atoms with Crippen LogP contribution in [0.25, 0.3) is 28.0 Å². The fraction of sp³-hybridized carbons (Fsp3) is 0.353. The van der Waals surface area contributed by atoms with Gasteiger partial charge in [-0.05, 0) is 59.4 Å². The first kappa shape index (κ1) is 30.1. The van der Waals surface area contributed by atoms with Crippen molar-refractivity contribution < 1.29 is 13.9 Å². The highest BCUT2D eigenvalue weighted by Gasteiger charge is 2.20. The summed E-state index contributed by atoms with van der Waals surface area (Å²) in [6, 6.07) is 13.6. The van der Waals surface area contributed by atoms with Gasteiger partial charge in [-0.1, -0.05) is 32.9 Å². The van der Waals surface area contributed by atoms with Crippen LogP contribution < -0.4 is 5.32 Å². The molecule has 5 aromatic rings. The van der Waals surface area contributed by atoms with Crippen LogP contribution in [-0.4, -0.2) is 62.5 Å². The van der Waals surface area contributed by atoms with Gasteiger partial charge in [0.25, 0.3) is 0 Å². The summed E-state index contributed by atoms with van der Waals surface area (Å²) in [6.45, 7) is 12.0. The second-order valence-corrected chi connectivity index (χ2v) is 13.4. The highest BCUT2D eigenvalue weighted by Crippen LogP contribution is 2.31. The van der Waals surface area contributed by atoms with Crippen LogP contribution in [0.3, 0.4) is 0 Å². The molecule has 1 aromatic carbocycles. The normalized spacial score (nSPS) is 15.0. The number of carbonyl (C=O) groups excluding carboxylic acids is 1. The van der Waals surface area contributed by atoms with Crippen LogP contribution in [0.2, 0.25) is 0 Å². The number of thiazole rings is 1. The lowest BCUT2D eigenvalue weighted by Gasteiger charge is -2.32. The second-order valence-electron chi connectivity index (χ2n) is 12.3. The number of aromatic nitrogens is 4. The summed E-state index contributed by atoms with van der Waals surface area (Å²) < 4.78 is 22.6. The van der Waals surface area contributed by atoms with Crippen LogP contribution >= 0.6 is 11.3 Å². The van der Waals surface area contributed by atoms with Gasteiger partial charge in [0.05, 0.1) is 31.5 Å². The SMILES string of the molecule is C[C@@H](Cc1cc(-c2ccn3c(-c4ccc(CC(=O)Nc5ncc(C(C)(C)C)s5)c(F)c4)cnc3c2)ccn1)N1CCOCC1. The van der Waals surface area contributed by atoms with E-state index in [4.69, 9.17) is 4.74 Å². The highest BCUT2D eigenvalue weighted by molar-refractivity contribution is 7.15. The summed E-state index contributed by atoms with van der Waals surface area (Å²) in [5.74, 6) is -0.738. The molecule has 1 fully saturated rings. The van der Waals surface area contributed by atoms with Crippen molar-refractivity contribution in [2.75, 3.05) is 31.6 Å². The average Bonchev–Trinajstić information content (AvgIpc) is 3.66. The molecule has 0 saturated carbocycles. The molecule has 44 heavy (non-hydrogen) atoms. The van der Waals surface area contributed by atoms with E-state index in [2.05, 4.69) is 58.9 Å². The molecule has 1 N–H and O–H groups in total. The number of rotatable bonds is 8. The molecule has 5 heterocycles. The Bertz CT molecular complexity index is 1790. The van der Waals surface area contributed by atoms with Gasteiger partial charge in [0.1, 0.15) is 11.5 Å². The molecule has 1 atom stereocenters. The summed E-state index contributed by atoms with van der Waals surface area (Å²) in [5.41, 5.74) is 5.67. The molecule has 10 heteroatoms. The Morgan fingerprint density at radius 3 is 2.57 bits per heavy atom. The monoisotopic (exact) mass is 612 g/mol. The quantitative estimate of drug-likeness (QED) is 0.218. The predicted octanol–water partition coefficient (Wildman–Crippen LogP) is 6.40. The predicted molar refractivity (Wildman–Crippen MR) is 173 cm³/mol. The molecule has 0 unspecified atom stereocenters. The van der Waals surface area contributed by atoms with Crippen molar-refractivity contribution in [3.8, 4) is 22.4 Å². The van der Waals surface area contributed by atoms with E-state index in [9.17, 15) is 4.79 Å². The number of halogens is 1. The molecule has 0 spiro atoms. The van der Waals surface area contributed by atoms with Gasteiger partial charge in [-0.15, -0.1) is 11.3 Å². The molecule has 1 aliphatic rings. The van der Waals surface area contributed by atoms with Crippen LogP contribution in [0.15, 0.2) is 67.3 Å². The maximum absolute atomic E-state index is 15.2. The number of pyridine rings is 2. The number of amides is 1. The molecule has 1 amide bonds. The van der Waals surface area contributed by atoms with Crippen molar-refractivity contribution in [2.45, 2.75) is 52.0 Å². The van der Waals surface area contributed by atoms with E-state index >= 15 is 4.39 Å². The number of hydrogen-bond acceptors (Lipinski definition) is 7. The molecule has 1 saturated heterocycles. The van der Waals surface area contributed by atoms with Crippen LogP contribution in [0, 0.1) is 5.82 Å². The zero-order valence-electron chi connectivity index (χ0n) is 25.5. The zero-order chi connectivity index (χ0) is 30.8. The number of anilines is 1. The number of hydrogen-bond donors (Lipinski definition) is 1. The first-order chi connectivity index (χ1) is 21.1. The summed E-state index contributed by atoms with van der Waals surface area (Å²) in [5, 5.41) is 3.32. The van der Waals surface area contributed by atoms with Crippen molar-refractivity contribution in [1.82, 2.24) is 24.3 Å². The fourth-order valence-electron chi connectivity index (χ4n) is 5.46. The molecule has 228 valence electrons. The van der Waals surface area contributed by atoms with Gasteiger partial charge in [0, 0.05) is 60.3 Å². The van der Waals surface area contributed by atoms with Gasteiger partial charge in [-0.3, -0.25) is 19.1 Å². The number of imidazole rings is 1. The average molecular weight is 613 g/mol. The van der Waals surface area contributed by atoms with Crippen LogP contribution in [0.4, 0.5) is 9.52 Å². The van der Waals surface area contributed by atoms with Gasteiger partial charge >= 0.3 is 0 Å². The van der Waals surface area contributed by atoms with E-state index < -0.39 is 5.82 Å². The molecule has 0 radical (unpaired) electrons. The Labute approximate surface area is 261 Å². The van der Waals surface area contributed by atoms with Gasteiger partial charge in [-0.25, -0.2) is 14.4 Å². The van der Waals surface area contributed by atoms with Crippen LogP contribution in [0.1, 0.15) is 43.8 Å². The lowest BCUT2D eigenvalue weighted by atomic mass is 9.96. The molecular weight excluding hydrogens is 575 g/mol. The summed E-state index contributed by atoms with van der Waals surface area (Å²) >= 11 is 1.44. The molecule has 0 aliphatic carbocycles. The van der Waals surface area contributed by atoms with Crippen molar-refractivity contribution in [1.29, 1.82) is 0 Å². The Morgan fingerprint density at radius 1 is 1.02 bits per heavy atom. The number of fused-ring (bicyclic) bond motifs is 1. The largest absolute Gasteiger partial charge is 0.379 e. The molecule has 1 aliphatic heterocycles. The van der Waals surface area contributed by atoms with Gasteiger partial charge in [0.15, 0.2) is 5.13 Å². The zero-order valence-corrected chi connectivity index (χ0v) is 26.3. The maximum atomic E-state index is 15.2. The first-order valence-electron chi connectivity index (χ1n) is 14.9. The second kappa shape index (κ2) is 12.6. The topological polar surface area (TPSA) is 84.7 Å². The first-order valence-corrected chi connectivity index (χ1v) is 15.7. The minimum atomic E-state index is -0.436. The Balaban J connectivity index is 1.15. The number of ether oxygens (including phenoxy) is 1. The standard InChI is InChI=1S/C34H37FN6O2S/c1-22(40-11-13-43-14-12-40)15-27-16-23(7-9-36-27)24-8-10-41-29(20-37-31(41)18-24)26-6-5-25(28(35)17-26)19-32(42)39-33-38-21-30(44-33)34(2,3)4/h5-10,16-18,20-22H,11-15,19H2,1-4H3,(H,38,39,42)/t22-/m0/s1. The number of nitrogens with one attached hydrogen (secondary N) is 1. The van der Waals surface area contributed by atoms with E-state index in [0.29, 0.717) is 22.3 Å². The third kappa shape index (κ3) is 6.72. The lowest BCUT2D eigenvalue weighted by molar-refractivity contribution is -0.115. The van der Waals surface area contributed by atoms with Gasteiger partial charge in [-0.2, -0.15) is 0 Å². The summed E-state index contributed by atoms with van der Waals surface area (Å²) in [4.78, 5) is 29.7. The Kier molecular flexibility index (Phi) is 8.57. The van der Waals surface area contributed by atoms with E-state index in [1.165, 1.54) is 17.4 Å². The smallest absolute Gasteiger partial charge is 0.230 e. The van der Waals surface area contributed by atoms with Crippen LogP contribution in [-0.2, 0) is 27.8 Å². The van der Waals surface area contributed by atoms with E-state index in [1.807, 2.05) is 41.1 Å².